The van der Waals surface area contributed by atoms with Gasteiger partial charge in [0, 0.05) is 28.2 Å². The molecule has 0 radical (unpaired) electrons. The van der Waals surface area contributed by atoms with E-state index in [2.05, 4.69) is 75.6 Å². The Labute approximate surface area is 235 Å². The van der Waals surface area contributed by atoms with E-state index in [0.29, 0.717) is 23.3 Å². The molecule has 0 atom stereocenters. The fourth-order valence-electron chi connectivity index (χ4n) is 5.21. The molecule has 0 saturated heterocycles. The molecule has 5 rings (SSSR count). The third-order valence-corrected chi connectivity index (χ3v) is 7.35. The van der Waals surface area contributed by atoms with Crippen LogP contribution in [0.5, 0.6) is 5.75 Å². The summed E-state index contributed by atoms with van der Waals surface area (Å²) in [5.74, 6) is 1.60. The van der Waals surface area contributed by atoms with Crippen molar-refractivity contribution in [2.45, 2.75) is 54.4 Å². The largest absolute Gasteiger partial charge is 0.494 e. The van der Waals surface area contributed by atoms with Crippen molar-refractivity contribution in [1.29, 1.82) is 0 Å². The Balaban J connectivity index is 1.69. The summed E-state index contributed by atoms with van der Waals surface area (Å²) in [6.07, 6.45) is 1.77. The molecule has 0 bridgehead atoms. The number of aromatic nitrogens is 3. The van der Waals surface area contributed by atoms with Crippen molar-refractivity contribution in [2.24, 2.45) is 5.10 Å². The first-order chi connectivity index (χ1) is 19.2. The van der Waals surface area contributed by atoms with Gasteiger partial charge in [0.05, 0.1) is 23.7 Å². The zero-order valence-electron chi connectivity index (χ0n) is 24.3. The Morgan fingerprint density at radius 3 is 2.40 bits per heavy atom. The number of fused-ring (bicyclic) bond motifs is 1. The molecule has 2 heterocycles. The van der Waals surface area contributed by atoms with Gasteiger partial charge in [-0.15, -0.1) is 0 Å². The summed E-state index contributed by atoms with van der Waals surface area (Å²) in [7, 11) is 0. The van der Waals surface area contributed by atoms with E-state index in [1.165, 1.54) is 10.2 Å². The summed E-state index contributed by atoms with van der Waals surface area (Å²) in [4.78, 5) is 18.8. The van der Waals surface area contributed by atoms with Crippen molar-refractivity contribution in [1.82, 2.24) is 14.2 Å². The van der Waals surface area contributed by atoms with Crippen LogP contribution in [0.3, 0.4) is 0 Å². The lowest BCUT2D eigenvalue weighted by Crippen LogP contribution is -2.21. The summed E-state index contributed by atoms with van der Waals surface area (Å²) >= 11 is 0. The van der Waals surface area contributed by atoms with Crippen LogP contribution >= 0.6 is 0 Å². The summed E-state index contributed by atoms with van der Waals surface area (Å²) < 4.78 is 9.59. The molecule has 5 aromatic rings. The maximum absolute atomic E-state index is 13.8. The average molecular weight is 533 g/mol. The van der Waals surface area contributed by atoms with Gasteiger partial charge in [0.15, 0.2) is 5.82 Å². The van der Waals surface area contributed by atoms with Gasteiger partial charge in [-0.1, -0.05) is 43.7 Å². The number of rotatable bonds is 7. The Bertz CT molecular complexity index is 1790. The van der Waals surface area contributed by atoms with E-state index < -0.39 is 0 Å². The number of nitrogens with zero attached hydrogens (tertiary/aromatic N) is 4. The van der Waals surface area contributed by atoms with Crippen LogP contribution in [0.25, 0.3) is 28.0 Å². The molecule has 0 fully saturated rings. The quantitative estimate of drug-likeness (QED) is 0.204. The molecule has 3 aromatic carbocycles. The van der Waals surface area contributed by atoms with Crippen molar-refractivity contribution in [3.63, 3.8) is 0 Å². The topological polar surface area (TPSA) is 61.4 Å². The lowest BCUT2D eigenvalue weighted by atomic mass is 9.96. The van der Waals surface area contributed by atoms with E-state index in [9.17, 15) is 4.79 Å². The van der Waals surface area contributed by atoms with Crippen molar-refractivity contribution in [3.8, 4) is 22.8 Å². The first-order valence-electron chi connectivity index (χ1n) is 13.8. The second-order valence-electron chi connectivity index (χ2n) is 10.6. The molecule has 6 heteroatoms. The van der Waals surface area contributed by atoms with Crippen LogP contribution in [0, 0.1) is 27.7 Å². The highest BCUT2D eigenvalue weighted by Gasteiger charge is 2.19. The molecule has 204 valence electrons. The van der Waals surface area contributed by atoms with Crippen molar-refractivity contribution < 1.29 is 4.74 Å². The fraction of sp³-hybridized carbons (Fsp3) is 0.265. The van der Waals surface area contributed by atoms with Crippen LogP contribution in [0.15, 0.2) is 76.6 Å². The SMILES string of the molecule is CCOc1cc(C)c(-c2nc3ccccc3c(=O)n2N=Cc2cc(C)n(-c3ccc(C)cc3)c2C)cc1C(C)C. The standard InChI is InChI=1S/C34H36N4O2/c1-8-40-32-17-23(5)30(19-29(32)21(2)3)33-36-31-12-10-9-11-28(31)34(39)38(33)35-20-26-18-24(6)37(25(26)7)27-15-13-22(4)14-16-27/h9-21H,8H2,1-7H3. The normalized spacial score (nSPS) is 11.7. The fourth-order valence-corrected chi connectivity index (χ4v) is 5.21. The number of benzene rings is 3. The van der Waals surface area contributed by atoms with Gasteiger partial charge >= 0.3 is 0 Å². The van der Waals surface area contributed by atoms with E-state index in [-0.39, 0.29) is 11.5 Å². The van der Waals surface area contributed by atoms with Gasteiger partial charge < -0.3 is 9.30 Å². The average Bonchev–Trinajstić information content (AvgIpc) is 3.21. The smallest absolute Gasteiger partial charge is 0.282 e. The molecule has 0 saturated carbocycles. The van der Waals surface area contributed by atoms with Crippen LogP contribution in [0.2, 0.25) is 0 Å². The van der Waals surface area contributed by atoms with Crippen LogP contribution in [0.4, 0.5) is 0 Å². The third-order valence-electron chi connectivity index (χ3n) is 7.35. The molecule has 0 spiro atoms. The first kappa shape index (κ1) is 27.1. The van der Waals surface area contributed by atoms with E-state index >= 15 is 0 Å². The second-order valence-corrected chi connectivity index (χ2v) is 10.6. The van der Waals surface area contributed by atoms with Gasteiger partial charge in [-0.05, 0) is 94.1 Å². The lowest BCUT2D eigenvalue weighted by molar-refractivity contribution is 0.335. The van der Waals surface area contributed by atoms with Crippen molar-refractivity contribution in [3.05, 3.63) is 111 Å². The van der Waals surface area contributed by atoms with Crippen LogP contribution in [-0.4, -0.2) is 27.0 Å². The molecule has 0 aliphatic rings. The van der Waals surface area contributed by atoms with Gasteiger partial charge in [-0.2, -0.15) is 9.78 Å². The van der Waals surface area contributed by atoms with Gasteiger partial charge in [-0.25, -0.2) is 4.98 Å². The molecule has 0 aliphatic heterocycles. The molecule has 0 aliphatic carbocycles. The second kappa shape index (κ2) is 11.0. The monoisotopic (exact) mass is 532 g/mol. The highest BCUT2D eigenvalue weighted by Crippen LogP contribution is 2.34. The van der Waals surface area contributed by atoms with Crippen LogP contribution < -0.4 is 10.3 Å². The van der Waals surface area contributed by atoms with E-state index in [1.807, 2.05) is 38.1 Å². The molecule has 0 amide bonds. The van der Waals surface area contributed by atoms with Gasteiger partial charge in [0.1, 0.15) is 5.75 Å². The zero-order chi connectivity index (χ0) is 28.6. The molecule has 40 heavy (non-hydrogen) atoms. The maximum atomic E-state index is 13.8. The van der Waals surface area contributed by atoms with Gasteiger partial charge in [-0.3, -0.25) is 4.79 Å². The summed E-state index contributed by atoms with van der Waals surface area (Å²) in [5, 5.41) is 5.30. The zero-order valence-corrected chi connectivity index (χ0v) is 24.3. The Kier molecular flexibility index (Phi) is 7.44. The highest BCUT2D eigenvalue weighted by molar-refractivity contribution is 5.84. The number of hydrogen-bond donors (Lipinski definition) is 0. The molecule has 0 N–H and O–H groups in total. The van der Waals surface area contributed by atoms with Crippen LogP contribution in [0.1, 0.15) is 60.3 Å². The number of aryl methyl sites for hydroxylation is 3. The minimum absolute atomic E-state index is 0.205. The van der Waals surface area contributed by atoms with E-state index in [1.54, 1.807) is 12.3 Å². The Morgan fingerprint density at radius 1 is 0.975 bits per heavy atom. The van der Waals surface area contributed by atoms with Gasteiger partial charge in [0.25, 0.3) is 5.56 Å². The first-order valence-corrected chi connectivity index (χ1v) is 13.8. The molecular weight excluding hydrogens is 496 g/mol. The van der Waals surface area contributed by atoms with E-state index in [0.717, 1.165) is 45.1 Å². The minimum atomic E-state index is -0.205. The van der Waals surface area contributed by atoms with Crippen LogP contribution in [-0.2, 0) is 0 Å². The molecule has 6 nitrogen and oxygen atoms in total. The predicted molar refractivity (Wildman–Crippen MR) is 164 cm³/mol. The highest BCUT2D eigenvalue weighted by atomic mass is 16.5. The summed E-state index contributed by atoms with van der Waals surface area (Å²) in [6.45, 7) is 15.1. The number of hydrogen-bond acceptors (Lipinski definition) is 4. The predicted octanol–water partition coefficient (Wildman–Crippen LogP) is 7.49. The van der Waals surface area contributed by atoms with Crippen molar-refractivity contribution >= 4 is 17.1 Å². The van der Waals surface area contributed by atoms with Crippen molar-refractivity contribution in [2.75, 3.05) is 6.61 Å². The Morgan fingerprint density at radius 2 is 1.70 bits per heavy atom. The number of ether oxygens (including phenoxy) is 1. The third kappa shape index (κ3) is 4.97. The Hall–Kier alpha value is -4.45. The maximum Gasteiger partial charge on any atom is 0.282 e. The molecule has 0 unspecified atom stereocenters. The summed E-state index contributed by atoms with van der Waals surface area (Å²) in [6, 6.07) is 22.1. The lowest BCUT2D eigenvalue weighted by Gasteiger charge is -2.18. The summed E-state index contributed by atoms with van der Waals surface area (Å²) in [5.41, 5.74) is 8.73. The number of para-hydroxylation sites is 1. The minimum Gasteiger partial charge on any atom is -0.494 e. The molecule has 2 aromatic heterocycles. The van der Waals surface area contributed by atoms with Gasteiger partial charge in [0.2, 0.25) is 0 Å². The van der Waals surface area contributed by atoms with E-state index in [4.69, 9.17) is 14.8 Å². The molecular formula is C34H36N4O2.